The molecule has 1 aromatic carbocycles. The number of aromatic nitrogens is 2. The number of nitrogens with two attached hydrogens (primary N) is 1. The lowest BCUT2D eigenvalue weighted by molar-refractivity contribution is -0.130. The van der Waals surface area contributed by atoms with Crippen LogP contribution in [0.2, 0.25) is 0 Å². The third-order valence-electron chi connectivity index (χ3n) is 4.34. The summed E-state index contributed by atoms with van der Waals surface area (Å²) in [6.45, 7) is 1.23. The molecule has 1 saturated heterocycles. The van der Waals surface area contributed by atoms with E-state index in [1.807, 2.05) is 0 Å². The number of nitrogens with zero attached hydrogens (tertiary/aromatic N) is 3. The van der Waals surface area contributed by atoms with Crippen LogP contribution in [0.25, 0.3) is 0 Å². The van der Waals surface area contributed by atoms with Gasteiger partial charge in [-0.2, -0.15) is 5.10 Å². The van der Waals surface area contributed by atoms with E-state index in [0.717, 1.165) is 12.8 Å². The van der Waals surface area contributed by atoms with Gasteiger partial charge in [-0.05, 0) is 31.0 Å². The lowest BCUT2D eigenvalue weighted by Crippen LogP contribution is -2.42. The standard InChI is InChI=1S/C17H20FN5O2.ClH/c18-13-3-1-2-12(10-13)17(25)21-15-4-7-20-23(15)14-5-8-22(9-6-14)16(24)11-19;/h1-4,7,10,14H,5-6,8-9,11,19H2,(H,21,25);1H. The van der Waals surface area contributed by atoms with Crippen molar-refractivity contribution in [1.29, 1.82) is 0 Å². The van der Waals surface area contributed by atoms with Gasteiger partial charge in [-0.3, -0.25) is 9.59 Å². The predicted octanol–water partition coefficient (Wildman–Crippen LogP) is 1.82. The van der Waals surface area contributed by atoms with Gasteiger partial charge in [-0.1, -0.05) is 6.07 Å². The van der Waals surface area contributed by atoms with Crippen LogP contribution in [0.3, 0.4) is 0 Å². The maximum absolute atomic E-state index is 13.3. The van der Waals surface area contributed by atoms with Gasteiger partial charge >= 0.3 is 0 Å². The molecule has 26 heavy (non-hydrogen) atoms. The zero-order chi connectivity index (χ0) is 17.8. The molecule has 0 saturated carbocycles. The van der Waals surface area contributed by atoms with Gasteiger partial charge in [0.1, 0.15) is 11.6 Å². The van der Waals surface area contributed by atoms with Crippen molar-refractivity contribution in [2.24, 2.45) is 5.73 Å². The van der Waals surface area contributed by atoms with Gasteiger partial charge in [0.05, 0.1) is 18.8 Å². The number of piperidine rings is 1. The van der Waals surface area contributed by atoms with Crippen molar-refractivity contribution in [3.63, 3.8) is 0 Å². The average Bonchev–Trinajstić information content (AvgIpc) is 3.09. The second-order valence-electron chi connectivity index (χ2n) is 5.94. The molecule has 1 fully saturated rings. The minimum absolute atomic E-state index is 0. The molecule has 7 nitrogen and oxygen atoms in total. The van der Waals surface area contributed by atoms with Crippen molar-refractivity contribution in [3.8, 4) is 0 Å². The Morgan fingerprint density at radius 2 is 2.00 bits per heavy atom. The van der Waals surface area contributed by atoms with Gasteiger partial charge < -0.3 is 16.0 Å². The Bertz CT molecular complexity index is 774. The summed E-state index contributed by atoms with van der Waals surface area (Å²) in [5.74, 6) is -0.355. The molecule has 0 spiro atoms. The number of benzene rings is 1. The van der Waals surface area contributed by atoms with Crippen LogP contribution in [0, 0.1) is 5.82 Å². The highest BCUT2D eigenvalue weighted by Crippen LogP contribution is 2.25. The van der Waals surface area contributed by atoms with Gasteiger partial charge in [0, 0.05) is 24.7 Å². The van der Waals surface area contributed by atoms with E-state index in [-0.39, 0.29) is 36.5 Å². The fourth-order valence-corrected chi connectivity index (χ4v) is 3.01. The van der Waals surface area contributed by atoms with E-state index < -0.39 is 11.7 Å². The molecule has 1 aliphatic heterocycles. The first-order valence-corrected chi connectivity index (χ1v) is 8.16. The smallest absolute Gasteiger partial charge is 0.256 e. The van der Waals surface area contributed by atoms with Crippen molar-refractivity contribution < 1.29 is 14.0 Å². The van der Waals surface area contributed by atoms with Gasteiger partial charge in [0.25, 0.3) is 5.91 Å². The number of carbonyl (C=O) groups excluding carboxylic acids is 2. The molecule has 3 N–H and O–H groups in total. The lowest BCUT2D eigenvalue weighted by atomic mass is 10.1. The SMILES string of the molecule is Cl.NCC(=O)N1CCC(n2nccc2NC(=O)c2cccc(F)c2)CC1. The van der Waals surface area contributed by atoms with Crippen LogP contribution in [0.15, 0.2) is 36.5 Å². The van der Waals surface area contributed by atoms with E-state index in [2.05, 4.69) is 10.4 Å². The molecule has 2 heterocycles. The summed E-state index contributed by atoms with van der Waals surface area (Å²) in [4.78, 5) is 25.7. The Kier molecular flexibility index (Phi) is 6.70. The molecular formula is C17H21ClFN5O2. The fraction of sp³-hybridized carbons (Fsp3) is 0.353. The van der Waals surface area contributed by atoms with Crippen LogP contribution < -0.4 is 11.1 Å². The first kappa shape index (κ1) is 19.9. The topological polar surface area (TPSA) is 93.2 Å². The third-order valence-corrected chi connectivity index (χ3v) is 4.34. The molecule has 0 radical (unpaired) electrons. The van der Waals surface area contributed by atoms with Crippen molar-refractivity contribution in [2.45, 2.75) is 18.9 Å². The van der Waals surface area contributed by atoms with Gasteiger partial charge in [-0.25, -0.2) is 9.07 Å². The molecule has 3 rings (SSSR count). The maximum atomic E-state index is 13.3. The molecule has 9 heteroatoms. The first-order valence-electron chi connectivity index (χ1n) is 8.16. The number of nitrogens with one attached hydrogen (secondary N) is 1. The highest BCUT2D eigenvalue weighted by molar-refractivity contribution is 6.03. The Balaban J connectivity index is 0.00000243. The van der Waals surface area contributed by atoms with Gasteiger partial charge in [-0.15, -0.1) is 12.4 Å². The molecule has 0 atom stereocenters. The second kappa shape index (κ2) is 8.77. The number of carbonyl (C=O) groups is 2. The number of halogens is 2. The number of hydrogen-bond acceptors (Lipinski definition) is 4. The monoisotopic (exact) mass is 381 g/mol. The number of anilines is 1. The van der Waals surface area contributed by atoms with E-state index in [9.17, 15) is 14.0 Å². The summed E-state index contributed by atoms with van der Waals surface area (Å²) in [6.07, 6.45) is 3.07. The molecular weight excluding hydrogens is 361 g/mol. The minimum atomic E-state index is -0.460. The van der Waals surface area contributed by atoms with Crippen LogP contribution in [0.1, 0.15) is 29.2 Å². The van der Waals surface area contributed by atoms with Crippen LogP contribution in [0.4, 0.5) is 10.2 Å². The van der Waals surface area contributed by atoms with Crippen LogP contribution >= 0.6 is 12.4 Å². The Hall–Kier alpha value is -2.45. The molecule has 2 aromatic rings. The van der Waals surface area contributed by atoms with Crippen molar-refractivity contribution in [3.05, 3.63) is 47.9 Å². The highest BCUT2D eigenvalue weighted by Gasteiger charge is 2.25. The Morgan fingerprint density at radius 3 is 2.65 bits per heavy atom. The number of amides is 2. The first-order chi connectivity index (χ1) is 12.1. The van der Waals surface area contributed by atoms with E-state index in [4.69, 9.17) is 5.73 Å². The number of hydrogen-bond donors (Lipinski definition) is 2. The van der Waals surface area contributed by atoms with Crippen molar-refractivity contribution >= 4 is 30.0 Å². The summed E-state index contributed by atoms with van der Waals surface area (Å²) in [5, 5.41) is 7.06. The van der Waals surface area contributed by atoms with Gasteiger partial charge in [0.2, 0.25) is 5.91 Å². The largest absolute Gasteiger partial charge is 0.341 e. The predicted molar refractivity (Wildman–Crippen MR) is 97.7 cm³/mol. The third kappa shape index (κ3) is 4.39. The molecule has 2 amide bonds. The minimum Gasteiger partial charge on any atom is -0.341 e. The normalized spacial score (nSPS) is 14.6. The summed E-state index contributed by atoms with van der Waals surface area (Å²) in [6, 6.07) is 7.31. The Morgan fingerprint density at radius 1 is 1.27 bits per heavy atom. The Labute approximate surface area is 156 Å². The maximum Gasteiger partial charge on any atom is 0.256 e. The molecule has 0 unspecified atom stereocenters. The average molecular weight is 382 g/mol. The van der Waals surface area contributed by atoms with Gasteiger partial charge in [0.15, 0.2) is 0 Å². The lowest BCUT2D eigenvalue weighted by Gasteiger charge is -2.32. The fourth-order valence-electron chi connectivity index (χ4n) is 3.01. The quantitative estimate of drug-likeness (QED) is 0.844. The van der Waals surface area contributed by atoms with E-state index >= 15 is 0 Å². The molecule has 1 aromatic heterocycles. The molecule has 1 aliphatic rings. The van der Waals surface area contributed by atoms with Crippen LogP contribution in [-0.2, 0) is 4.79 Å². The summed E-state index contributed by atoms with van der Waals surface area (Å²) >= 11 is 0. The van der Waals surface area contributed by atoms with E-state index in [1.165, 1.54) is 18.2 Å². The zero-order valence-corrected chi connectivity index (χ0v) is 14.9. The number of rotatable bonds is 4. The molecule has 140 valence electrons. The molecule has 0 bridgehead atoms. The van der Waals surface area contributed by atoms with Crippen molar-refractivity contribution in [2.75, 3.05) is 25.0 Å². The summed E-state index contributed by atoms with van der Waals surface area (Å²) < 4.78 is 15.0. The number of likely N-dealkylation sites (tertiary alicyclic amines) is 1. The van der Waals surface area contributed by atoms with Crippen LogP contribution in [-0.4, -0.2) is 46.1 Å². The second-order valence-corrected chi connectivity index (χ2v) is 5.94. The summed E-state index contributed by atoms with van der Waals surface area (Å²) in [5.41, 5.74) is 5.64. The van der Waals surface area contributed by atoms with E-state index in [1.54, 1.807) is 27.9 Å². The van der Waals surface area contributed by atoms with Crippen LogP contribution in [0.5, 0.6) is 0 Å². The van der Waals surface area contributed by atoms with E-state index in [0.29, 0.717) is 18.9 Å². The molecule has 0 aliphatic carbocycles. The zero-order valence-electron chi connectivity index (χ0n) is 14.1. The summed E-state index contributed by atoms with van der Waals surface area (Å²) in [7, 11) is 0. The van der Waals surface area contributed by atoms with Crippen molar-refractivity contribution in [1.82, 2.24) is 14.7 Å². The highest BCUT2D eigenvalue weighted by atomic mass is 35.5.